The van der Waals surface area contributed by atoms with Gasteiger partial charge in [0.05, 0.1) is 0 Å². The van der Waals surface area contributed by atoms with E-state index >= 15 is 0 Å². The quantitative estimate of drug-likeness (QED) is 0.473. The average Bonchev–Trinajstić information content (AvgIpc) is 2.78. The van der Waals surface area contributed by atoms with Gasteiger partial charge < -0.3 is 20.6 Å². The highest BCUT2D eigenvalue weighted by Gasteiger charge is 2.15. The predicted octanol–water partition coefficient (Wildman–Crippen LogP) is 4.75. The first-order valence-electron chi connectivity index (χ1n) is 9.34. The van der Waals surface area contributed by atoms with Crippen molar-refractivity contribution in [2.75, 3.05) is 17.3 Å². The molecule has 7 nitrogen and oxygen atoms in total. The van der Waals surface area contributed by atoms with E-state index in [9.17, 15) is 14.4 Å². The Kier molecular flexibility index (Phi) is 7.04. The molecule has 0 unspecified atom stereocenters. The van der Waals surface area contributed by atoms with Crippen LogP contribution in [-0.4, -0.2) is 30.1 Å². The lowest BCUT2D eigenvalue weighted by atomic mass is 10.1. The zero-order valence-corrected chi connectivity index (χ0v) is 18.2. The van der Waals surface area contributed by atoms with E-state index in [1.807, 2.05) is 12.1 Å². The molecule has 3 N–H and O–H groups in total. The van der Waals surface area contributed by atoms with Crippen LogP contribution in [0.15, 0.2) is 77.3 Å². The summed E-state index contributed by atoms with van der Waals surface area (Å²) in [6.45, 7) is 0.192. The van der Waals surface area contributed by atoms with Crippen LogP contribution in [0.4, 0.5) is 16.2 Å². The molecule has 0 heterocycles. The molecule has 0 aliphatic rings. The molecule has 3 amide bonds. The Bertz CT molecular complexity index is 1080. The summed E-state index contributed by atoms with van der Waals surface area (Å²) in [6, 6.07) is 20.7. The van der Waals surface area contributed by atoms with Crippen molar-refractivity contribution in [2.45, 2.75) is 6.54 Å². The van der Waals surface area contributed by atoms with Crippen LogP contribution in [0.2, 0.25) is 0 Å². The molecular weight excluding hydrogens is 462 g/mol. The number of hydrogen-bond acceptors (Lipinski definition) is 3. The van der Waals surface area contributed by atoms with Gasteiger partial charge in [-0.1, -0.05) is 28.1 Å². The molecule has 0 bridgehead atoms. The molecule has 8 heteroatoms. The normalized spacial score (nSPS) is 10.3. The molecule has 3 aromatic carbocycles. The van der Waals surface area contributed by atoms with E-state index < -0.39 is 6.09 Å². The number of nitrogens with zero attached hydrogens (tertiary/aromatic N) is 1. The van der Waals surface area contributed by atoms with Gasteiger partial charge in [0, 0.05) is 40.6 Å². The SMILES string of the molecule is CN(C(=O)c1ccc(C(=O)Nc2ccc(Br)cc2)cc1)c1ccc(CNC(=O)O)cc1. The van der Waals surface area contributed by atoms with E-state index in [0.29, 0.717) is 22.5 Å². The van der Waals surface area contributed by atoms with Crippen molar-refractivity contribution in [3.05, 3.63) is 94.0 Å². The highest BCUT2D eigenvalue weighted by Crippen LogP contribution is 2.18. The number of anilines is 2. The minimum Gasteiger partial charge on any atom is -0.465 e. The van der Waals surface area contributed by atoms with E-state index in [1.165, 1.54) is 4.90 Å². The number of halogens is 1. The summed E-state index contributed by atoms with van der Waals surface area (Å²) in [5.74, 6) is -0.489. The number of amides is 3. The number of carboxylic acid groups (broad SMARTS) is 1. The van der Waals surface area contributed by atoms with Gasteiger partial charge in [0.1, 0.15) is 0 Å². The van der Waals surface area contributed by atoms with E-state index in [0.717, 1.165) is 10.0 Å². The maximum absolute atomic E-state index is 12.8. The summed E-state index contributed by atoms with van der Waals surface area (Å²) in [6.07, 6.45) is -1.09. The Morgan fingerprint density at radius 2 is 1.45 bits per heavy atom. The molecule has 0 fully saturated rings. The van der Waals surface area contributed by atoms with Crippen LogP contribution in [0.5, 0.6) is 0 Å². The third kappa shape index (κ3) is 5.93. The second-order valence-electron chi connectivity index (χ2n) is 6.73. The fourth-order valence-electron chi connectivity index (χ4n) is 2.83. The second-order valence-corrected chi connectivity index (χ2v) is 7.64. The first-order valence-corrected chi connectivity index (χ1v) is 10.1. The largest absolute Gasteiger partial charge is 0.465 e. The standard InChI is InChI=1S/C23H20BrN3O4/c1-27(20-12-2-15(3-13-20)14-25-23(30)31)22(29)17-6-4-16(5-7-17)21(28)26-19-10-8-18(24)9-11-19/h2-13,25H,14H2,1H3,(H,26,28)(H,30,31). The topological polar surface area (TPSA) is 98.7 Å². The molecule has 0 saturated heterocycles. The van der Waals surface area contributed by atoms with Gasteiger partial charge in [0.25, 0.3) is 11.8 Å². The zero-order chi connectivity index (χ0) is 22.4. The second kappa shape index (κ2) is 9.90. The maximum atomic E-state index is 12.8. The molecule has 3 rings (SSSR count). The Labute approximate surface area is 187 Å². The Hall–Kier alpha value is -3.65. The molecule has 0 aliphatic heterocycles. The van der Waals surface area contributed by atoms with Crippen LogP contribution in [0.3, 0.4) is 0 Å². The lowest BCUT2D eigenvalue weighted by Gasteiger charge is -2.18. The van der Waals surface area contributed by atoms with Gasteiger partial charge in [0.2, 0.25) is 0 Å². The Morgan fingerprint density at radius 1 is 0.871 bits per heavy atom. The molecule has 0 atom stereocenters. The first kappa shape index (κ1) is 22.0. The number of carbonyl (C=O) groups excluding carboxylic acids is 2. The van der Waals surface area contributed by atoms with E-state index in [2.05, 4.69) is 26.6 Å². The third-order valence-electron chi connectivity index (χ3n) is 4.57. The lowest BCUT2D eigenvalue weighted by molar-refractivity contribution is 0.0989. The molecule has 3 aromatic rings. The van der Waals surface area contributed by atoms with Crippen molar-refractivity contribution in [3.8, 4) is 0 Å². The van der Waals surface area contributed by atoms with Crippen molar-refractivity contribution in [1.29, 1.82) is 0 Å². The van der Waals surface area contributed by atoms with Gasteiger partial charge in [-0.15, -0.1) is 0 Å². The summed E-state index contributed by atoms with van der Waals surface area (Å²) in [5, 5.41) is 13.8. The smallest absolute Gasteiger partial charge is 0.404 e. The van der Waals surface area contributed by atoms with Crippen LogP contribution in [0, 0.1) is 0 Å². The highest BCUT2D eigenvalue weighted by molar-refractivity contribution is 9.10. The van der Waals surface area contributed by atoms with E-state index in [-0.39, 0.29) is 18.4 Å². The zero-order valence-electron chi connectivity index (χ0n) is 16.6. The third-order valence-corrected chi connectivity index (χ3v) is 5.10. The fourth-order valence-corrected chi connectivity index (χ4v) is 3.09. The van der Waals surface area contributed by atoms with Crippen molar-refractivity contribution >= 4 is 45.2 Å². The number of carbonyl (C=O) groups is 3. The van der Waals surface area contributed by atoms with Crippen LogP contribution in [-0.2, 0) is 6.54 Å². The summed E-state index contributed by atoms with van der Waals surface area (Å²) in [5.41, 5.74) is 3.01. The van der Waals surface area contributed by atoms with Gasteiger partial charge in [-0.25, -0.2) is 4.79 Å². The van der Waals surface area contributed by atoms with Gasteiger partial charge in [0.15, 0.2) is 0 Å². The molecule has 0 aliphatic carbocycles. The van der Waals surface area contributed by atoms with Crippen molar-refractivity contribution in [3.63, 3.8) is 0 Å². The summed E-state index contributed by atoms with van der Waals surface area (Å²) in [7, 11) is 1.65. The summed E-state index contributed by atoms with van der Waals surface area (Å²) < 4.78 is 0.920. The van der Waals surface area contributed by atoms with Gasteiger partial charge >= 0.3 is 6.09 Å². The molecule has 0 radical (unpaired) electrons. The fraction of sp³-hybridized carbons (Fsp3) is 0.0870. The maximum Gasteiger partial charge on any atom is 0.404 e. The van der Waals surface area contributed by atoms with Crippen LogP contribution < -0.4 is 15.5 Å². The van der Waals surface area contributed by atoms with Gasteiger partial charge in [-0.3, -0.25) is 9.59 Å². The Morgan fingerprint density at radius 3 is 2.03 bits per heavy atom. The number of nitrogens with one attached hydrogen (secondary N) is 2. The van der Waals surface area contributed by atoms with Crippen molar-refractivity contribution < 1.29 is 19.5 Å². The lowest BCUT2D eigenvalue weighted by Crippen LogP contribution is -2.26. The summed E-state index contributed by atoms with van der Waals surface area (Å²) >= 11 is 3.35. The molecule has 31 heavy (non-hydrogen) atoms. The van der Waals surface area contributed by atoms with Crippen LogP contribution in [0.25, 0.3) is 0 Å². The first-order chi connectivity index (χ1) is 14.8. The predicted molar refractivity (Wildman–Crippen MR) is 123 cm³/mol. The Balaban J connectivity index is 1.64. The number of hydrogen-bond donors (Lipinski definition) is 3. The molecule has 0 saturated carbocycles. The monoisotopic (exact) mass is 481 g/mol. The van der Waals surface area contributed by atoms with Gasteiger partial charge in [-0.2, -0.15) is 0 Å². The number of benzene rings is 3. The molecule has 158 valence electrons. The summed E-state index contributed by atoms with van der Waals surface area (Å²) in [4.78, 5) is 37.2. The molecule has 0 aromatic heterocycles. The number of rotatable bonds is 6. The highest BCUT2D eigenvalue weighted by atomic mass is 79.9. The minimum absolute atomic E-state index is 0.192. The molecule has 0 spiro atoms. The van der Waals surface area contributed by atoms with Gasteiger partial charge in [-0.05, 0) is 66.2 Å². The molecular formula is C23H20BrN3O4. The van der Waals surface area contributed by atoms with Crippen molar-refractivity contribution in [1.82, 2.24) is 5.32 Å². The van der Waals surface area contributed by atoms with Crippen LogP contribution in [0.1, 0.15) is 26.3 Å². The van der Waals surface area contributed by atoms with Crippen molar-refractivity contribution in [2.24, 2.45) is 0 Å². The van der Waals surface area contributed by atoms with Crippen LogP contribution >= 0.6 is 15.9 Å². The average molecular weight is 482 g/mol. The van der Waals surface area contributed by atoms with E-state index in [1.54, 1.807) is 67.7 Å². The van der Waals surface area contributed by atoms with E-state index in [4.69, 9.17) is 5.11 Å². The minimum atomic E-state index is -1.09.